The lowest BCUT2D eigenvalue weighted by atomic mass is 10.1. The van der Waals surface area contributed by atoms with Crippen LogP contribution in [0.5, 0.6) is 11.5 Å². The number of nitrogens with zero attached hydrogens (tertiary/aromatic N) is 1. The summed E-state index contributed by atoms with van der Waals surface area (Å²) < 4.78 is 6.03. The molecule has 0 saturated carbocycles. The Labute approximate surface area is 105 Å². The van der Waals surface area contributed by atoms with Gasteiger partial charge >= 0.3 is 0 Å². The molecule has 17 heavy (non-hydrogen) atoms. The Morgan fingerprint density at radius 2 is 2.12 bits per heavy atom. The Morgan fingerprint density at radius 3 is 2.88 bits per heavy atom. The molecule has 0 aliphatic heterocycles. The van der Waals surface area contributed by atoms with Crippen LogP contribution in [0, 0.1) is 0 Å². The number of phenolic OH excluding ortho intramolecular Hbond substituents is 1. The summed E-state index contributed by atoms with van der Waals surface area (Å²) in [5, 5.41) is 11.8. The van der Waals surface area contributed by atoms with E-state index in [-0.39, 0.29) is 5.75 Å². The van der Waals surface area contributed by atoms with Gasteiger partial charge in [-0.1, -0.05) is 0 Å². The molecule has 3 aromatic rings. The molecule has 0 spiro atoms. The average Bonchev–Trinajstić information content (AvgIpc) is 2.66. The van der Waals surface area contributed by atoms with Crippen LogP contribution in [0.1, 0.15) is 0 Å². The van der Waals surface area contributed by atoms with Crippen molar-refractivity contribution in [2.45, 2.75) is 0 Å². The second-order valence-electron chi connectivity index (χ2n) is 3.74. The summed E-state index contributed by atoms with van der Waals surface area (Å²) in [6.45, 7) is 0. The molecule has 3 rings (SSSR count). The Balaban J connectivity index is 2.51. The van der Waals surface area contributed by atoms with E-state index in [1.165, 1.54) is 7.11 Å². The Morgan fingerprint density at radius 1 is 1.29 bits per heavy atom. The highest BCUT2D eigenvalue weighted by atomic mass is 79.9. The van der Waals surface area contributed by atoms with Crippen molar-refractivity contribution < 1.29 is 9.84 Å². The topological polar surface area (TPSA) is 58.1 Å². The standard InChI is InChI=1S/C12H9BrN2O2/c1-17-11-2-6-8(3-10(11)16)15-9-5-14-4-7(13)12(6)9/h2-5,15-16H,1H3. The quantitative estimate of drug-likeness (QED) is 0.724. The van der Waals surface area contributed by atoms with Gasteiger partial charge in [-0.2, -0.15) is 0 Å². The van der Waals surface area contributed by atoms with Crippen LogP contribution in [-0.4, -0.2) is 22.2 Å². The van der Waals surface area contributed by atoms with Crippen molar-refractivity contribution in [3.63, 3.8) is 0 Å². The predicted molar refractivity (Wildman–Crippen MR) is 69.5 cm³/mol. The Kier molecular flexibility index (Phi) is 2.22. The summed E-state index contributed by atoms with van der Waals surface area (Å²) in [5.41, 5.74) is 1.77. The molecule has 86 valence electrons. The number of benzene rings is 1. The molecule has 0 saturated heterocycles. The zero-order valence-electron chi connectivity index (χ0n) is 8.99. The highest BCUT2D eigenvalue weighted by molar-refractivity contribution is 9.10. The van der Waals surface area contributed by atoms with E-state index in [0.29, 0.717) is 5.75 Å². The minimum absolute atomic E-state index is 0.121. The molecule has 5 heteroatoms. The summed E-state index contributed by atoms with van der Waals surface area (Å²) in [4.78, 5) is 7.30. The molecule has 1 aromatic carbocycles. The molecular weight excluding hydrogens is 284 g/mol. The van der Waals surface area contributed by atoms with E-state index in [0.717, 1.165) is 26.3 Å². The minimum atomic E-state index is 0.121. The maximum atomic E-state index is 9.73. The third-order valence-corrected chi connectivity index (χ3v) is 3.36. The monoisotopic (exact) mass is 292 g/mol. The number of H-pyrrole nitrogens is 1. The molecule has 4 nitrogen and oxygen atoms in total. The third kappa shape index (κ3) is 1.46. The first-order valence-corrected chi connectivity index (χ1v) is 5.82. The van der Waals surface area contributed by atoms with Gasteiger partial charge in [0.05, 0.1) is 24.3 Å². The number of nitrogens with one attached hydrogen (secondary N) is 1. The van der Waals surface area contributed by atoms with E-state index in [1.807, 2.05) is 6.07 Å². The van der Waals surface area contributed by atoms with Crippen molar-refractivity contribution in [2.24, 2.45) is 0 Å². The number of hydrogen-bond acceptors (Lipinski definition) is 3. The number of fused-ring (bicyclic) bond motifs is 3. The van der Waals surface area contributed by atoms with Crippen LogP contribution in [0.3, 0.4) is 0 Å². The molecule has 0 bridgehead atoms. The number of hydrogen-bond donors (Lipinski definition) is 2. The molecule has 0 atom stereocenters. The van der Waals surface area contributed by atoms with Crippen LogP contribution in [0.2, 0.25) is 0 Å². The Hall–Kier alpha value is -1.75. The second kappa shape index (κ2) is 3.63. The van der Waals surface area contributed by atoms with E-state index < -0.39 is 0 Å². The van der Waals surface area contributed by atoms with Crippen LogP contribution < -0.4 is 4.74 Å². The van der Waals surface area contributed by atoms with E-state index in [2.05, 4.69) is 25.9 Å². The van der Waals surface area contributed by atoms with E-state index in [1.54, 1.807) is 18.5 Å². The van der Waals surface area contributed by atoms with Crippen molar-refractivity contribution in [1.82, 2.24) is 9.97 Å². The van der Waals surface area contributed by atoms with Crippen molar-refractivity contribution in [2.75, 3.05) is 7.11 Å². The maximum absolute atomic E-state index is 9.73. The van der Waals surface area contributed by atoms with Crippen LogP contribution in [-0.2, 0) is 0 Å². The molecule has 2 heterocycles. The lowest BCUT2D eigenvalue weighted by Gasteiger charge is -2.03. The average molecular weight is 293 g/mol. The number of methoxy groups -OCH3 is 1. The highest BCUT2D eigenvalue weighted by Crippen LogP contribution is 2.37. The van der Waals surface area contributed by atoms with Crippen LogP contribution in [0.15, 0.2) is 29.0 Å². The number of halogens is 1. The van der Waals surface area contributed by atoms with Gasteiger partial charge in [-0.05, 0) is 22.0 Å². The number of ether oxygens (including phenoxy) is 1. The molecule has 0 fully saturated rings. The summed E-state index contributed by atoms with van der Waals surface area (Å²) in [7, 11) is 1.53. The van der Waals surface area contributed by atoms with Crippen molar-refractivity contribution >= 4 is 37.7 Å². The van der Waals surface area contributed by atoms with Gasteiger partial charge in [0.2, 0.25) is 0 Å². The second-order valence-corrected chi connectivity index (χ2v) is 4.59. The fourth-order valence-electron chi connectivity index (χ4n) is 1.99. The number of rotatable bonds is 1. The van der Waals surface area contributed by atoms with Gasteiger partial charge in [-0.3, -0.25) is 4.98 Å². The first-order valence-electron chi connectivity index (χ1n) is 5.02. The zero-order valence-corrected chi connectivity index (χ0v) is 10.6. The molecule has 0 aliphatic rings. The molecule has 0 unspecified atom stereocenters. The zero-order chi connectivity index (χ0) is 12.0. The van der Waals surface area contributed by atoms with Crippen molar-refractivity contribution in [1.29, 1.82) is 0 Å². The molecule has 2 N–H and O–H groups in total. The minimum Gasteiger partial charge on any atom is -0.504 e. The fourth-order valence-corrected chi connectivity index (χ4v) is 2.54. The van der Waals surface area contributed by atoms with E-state index in [4.69, 9.17) is 4.74 Å². The summed E-state index contributed by atoms with van der Waals surface area (Å²) in [5.74, 6) is 0.581. The van der Waals surface area contributed by atoms with Crippen LogP contribution in [0.4, 0.5) is 0 Å². The molecule has 0 aliphatic carbocycles. The maximum Gasteiger partial charge on any atom is 0.161 e. The molecule has 0 radical (unpaired) electrons. The number of aromatic hydroxyl groups is 1. The van der Waals surface area contributed by atoms with Gasteiger partial charge < -0.3 is 14.8 Å². The summed E-state index contributed by atoms with van der Waals surface area (Å²) in [6.07, 6.45) is 3.50. The number of aromatic nitrogens is 2. The lowest BCUT2D eigenvalue weighted by Crippen LogP contribution is -1.83. The normalized spacial score (nSPS) is 11.2. The SMILES string of the molecule is COc1cc2c(cc1O)[nH]c1cncc(Br)c12. The highest BCUT2D eigenvalue weighted by Gasteiger charge is 2.11. The largest absolute Gasteiger partial charge is 0.504 e. The van der Waals surface area contributed by atoms with Gasteiger partial charge in [-0.15, -0.1) is 0 Å². The first kappa shape index (κ1) is 10.4. The van der Waals surface area contributed by atoms with Crippen molar-refractivity contribution in [3.8, 4) is 11.5 Å². The Bertz CT molecular complexity index is 721. The van der Waals surface area contributed by atoms with Gasteiger partial charge in [-0.25, -0.2) is 0 Å². The fraction of sp³-hybridized carbons (Fsp3) is 0.0833. The van der Waals surface area contributed by atoms with Crippen LogP contribution in [0.25, 0.3) is 21.8 Å². The number of aromatic amines is 1. The smallest absolute Gasteiger partial charge is 0.161 e. The van der Waals surface area contributed by atoms with E-state index >= 15 is 0 Å². The number of phenols is 1. The third-order valence-electron chi connectivity index (χ3n) is 2.76. The predicted octanol–water partition coefficient (Wildman–Crippen LogP) is 3.19. The lowest BCUT2D eigenvalue weighted by molar-refractivity contribution is 0.374. The van der Waals surface area contributed by atoms with Gasteiger partial charge in [0.1, 0.15) is 0 Å². The van der Waals surface area contributed by atoms with Crippen LogP contribution >= 0.6 is 15.9 Å². The van der Waals surface area contributed by atoms with Gasteiger partial charge in [0.15, 0.2) is 11.5 Å². The number of pyridine rings is 1. The summed E-state index contributed by atoms with van der Waals surface area (Å²) in [6, 6.07) is 3.47. The molecule has 0 amide bonds. The molecular formula is C12H9BrN2O2. The van der Waals surface area contributed by atoms with E-state index in [9.17, 15) is 5.11 Å². The summed E-state index contributed by atoms with van der Waals surface area (Å²) >= 11 is 3.48. The van der Waals surface area contributed by atoms with Gasteiger partial charge in [0, 0.05) is 27.5 Å². The van der Waals surface area contributed by atoms with Gasteiger partial charge in [0.25, 0.3) is 0 Å². The molecule has 2 aromatic heterocycles. The first-order chi connectivity index (χ1) is 8.20. The van der Waals surface area contributed by atoms with Crippen molar-refractivity contribution in [3.05, 3.63) is 29.0 Å².